The molecular weight excluding hydrogens is 432 g/mol. The monoisotopic (exact) mass is 466 g/mol. The predicted molar refractivity (Wildman–Crippen MR) is 105 cm³/mol. The van der Waals surface area contributed by atoms with E-state index in [1.165, 1.54) is 0 Å². The van der Waals surface area contributed by atoms with Crippen LogP contribution in [-0.4, -0.2) is 124 Å². The Morgan fingerprint density at radius 1 is 0.906 bits per heavy atom. The number of ether oxygens (including phenoxy) is 4. The molecule has 0 aromatic carbocycles. The van der Waals surface area contributed by atoms with Crippen molar-refractivity contribution in [3.8, 4) is 0 Å². The summed E-state index contributed by atoms with van der Waals surface area (Å²) < 4.78 is 22.2. The van der Waals surface area contributed by atoms with Gasteiger partial charge in [-0.3, -0.25) is 4.79 Å². The van der Waals surface area contributed by atoms with E-state index >= 15 is 0 Å². The first-order valence-corrected chi connectivity index (χ1v) is 10.5. The van der Waals surface area contributed by atoms with E-state index in [1.54, 1.807) is 0 Å². The minimum absolute atomic E-state index is 0.0424. The van der Waals surface area contributed by atoms with Gasteiger partial charge in [0.05, 0.1) is 24.9 Å². The number of carbonyl (C=O) groups excluding carboxylic acids is 1. The lowest BCUT2D eigenvalue weighted by atomic mass is 9.84. The van der Waals surface area contributed by atoms with Crippen LogP contribution in [0, 0.1) is 0 Å². The molecule has 1 aliphatic carbocycles. The Labute approximate surface area is 184 Å². The number of aliphatic hydroxyl groups excluding tert-OH is 5. The lowest BCUT2D eigenvalue weighted by Gasteiger charge is -2.47. The molecule has 0 unspecified atom stereocenters. The zero-order valence-electron chi connectivity index (χ0n) is 17.4. The van der Waals surface area contributed by atoms with Crippen molar-refractivity contribution in [3.63, 3.8) is 0 Å². The Morgan fingerprint density at radius 2 is 1.53 bits per heavy atom. The van der Waals surface area contributed by atoms with Crippen LogP contribution >= 0.6 is 0 Å². The fourth-order valence-electron chi connectivity index (χ4n) is 4.24. The highest BCUT2D eigenvalue weighted by Gasteiger charge is 2.50. The maximum Gasteiger partial charge on any atom is 0.218 e. The van der Waals surface area contributed by atoms with Crippen LogP contribution in [-0.2, 0) is 23.7 Å². The lowest BCUT2D eigenvalue weighted by Crippen LogP contribution is -2.67. The Morgan fingerprint density at radius 3 is 2.12 bits per heavy atom. The van der Waals surface area contributed by atoms with Gasteiger partial charge in [-0.2, -0.15) is 0 Å². The number of nitrogens with two attached hydrogens (primary N) is 4. The second-order valence-electron chi connectivity index (χ2n) is 8.52. The normalized spacial score (nSPS) is 50.4. The van der Waals surface area contributed by atoms with Crippen LogP contribution in [0.1, 0.15) is 12.8 Å². The van der Waals surface area contributed by atoms with Gasteiger partial charge in [0.1, 0.15) is 36.6 Å². The smallest absolute Gasteiger partial charge is 0.218 e. The molecule has 2 aliphatic heterocycles. The van der Waals surface area contributed by atoms with Gasteiger partial charge >= 0.3 is 0 Å². The average molecular weight is 466 g/mol. The zero-order valence-corrected chi connectivity index (χ0v) is 17.4. The summed E-state index contributed by atoms with van der Waals surface area (Å²) in [5.74, 6) is -0.536. The van der Waals surface area contributed by atoms with Crippen LogP contribution in [0.25, 0.3) is 0 Å². The van der Waals surface area contributed by atoms with Gasteiger partial charge in [-0.1, -0.05) is 0 Å². The van der Waals surface area contributed by atoms with Crippen molar-refractivity contribution in [2.45, 2.75) is 92.4 Å². The molecular formula is C18H34N4O10. The largest absolute Gasteiger partial charge is 0.394 e. The van der Waals surface area contributed by atoms with Crippen LogP contribution in [0.3, 0.4) is 0 Å². The predicted octanol–water partition coefficient (Wildman–Crippen LogP) is -6.05. The summed E-state index contributed by atoms with van der Waals surface area (Å²) in [6.45, 7) is -0.619. The molecule has 186 valence electrons. The maximum absolute atomic E-state index is 12.3. The van der Waals surface area contributed by atoms with Crippen molar-refractivity contribution in [1.82, 2.24) is 0 Å². The van der Waals surface area contributed by atoms with Gasteiger partial charge in [0, 0.05) is 25.0 Å². The molecule has 32 heavy (non-hydrogen) atoms. The van der Waals surface area contributed by atoms with Crippen molar-refractivity contribution in [2.75, 3.05) is 13.2 Å². The summed E-state index contributed by atoms with van der Waals surface area (Å²) in [6, 6.07) is -2.76. The molecule has 13 atom stereocenters. The Balaban J connectivity index is 1.71. The molecule has 2 heterocycles. The second-order valence-corrected chi connectivity index (χ2v) is 8.52. The fraction of sp³-hybridized carbons (Fsp3) is 0.944. The highest BCUT2D eigenvalue weighted by molar-refractivity contribution is 5.83. The van der Waals surface area contributed by atoms with E-state index in [0.717, 1.165) is 0 Å². The summed E-state index contributed by atoms with van der Waals surface area (Å²) >= 11 is 0. The standard InChI is InChI=1S/C18H34N4O10/c19-3-9-7(24)2-8(25)17(29-9)31-15-5(20)1-6(21)16(14(15)28)32-18-13(27)11(22)12(26)10(4-23)30-18/h5-7,9-18,23-24,26-28H,1-4,19-22H2/t5-,6+,7-,9+,10+,11-,12+,13+,14-,15+,16-,17+,18+/m0/s1. The molecule has 0 spiro atoms. The molecule has 2 saturated heterocycles. The SMILES string of the molecule is NC[C@H]1O[C@H](O[C@H]2[C@H](O)[C@@H](O[C@H]3O[C@H](CO)[C@@H](O)[C@H](N)[C@H]3O)[C@H](N)C[C@@H]2N)C(=O)C[C@@H]1O. The fourth-order valence-corrected chi connectivity index (χ4v) is 4.24. The summed E-state index contributed by atoms with van der Waals surface area (Å²) in [5.41, 5.74) is 23.5. The molecule has 0 bridgehead atoms. The second kappa shape index (κ2) is 10.6. The number of hydrogen-bond acceptors (Lipinski definition) is 14. The van der Waals surface area contributed by atoms with E-state index in [4.69, 9.17) is 41.9 Å². The molecule has 3 aliphatic rings. The van der Waals surface area contributed by atoms with Gasteiger partial charge in [0.2, 0.25) is 6.29 Å². The first-order chi connectivity index (χ1) is 15.1. The summed E-state index contributed by atoms with van der Waals surface area (Å²) in [5, 5.41) is 50.4. The highest BCUT2D eigenvalue weighted by atomic mass is 16.7. The van der Waals surface area contributed by atoms with Crippen molar-refractivity contribution in [1.29, 1.82) is 0 Å². The zero-order chi connectivity index (χ0) is 23.7. The lowest BCUT2D eigenvalue weighted by molar-refractivity contribution is -0.311. The average Bonchev–Trinajstić information content (AvgIpc) is 2.75. The molecule has 14 nitrogen and oxygen atoms in total. The van der Waals surface area contributed by atoms with Gasteiger partial charge < -0.3 is 67.4 Å². The van der Waals surface area contributed by atoms with Gasteiger partial charge in [0.25, 0.3) is 0 Å². The molecule has 13 N–H and O–H groups in total. The first kappa shape index (κ1) is 25.8. The minimum atomic E-state index is -1.47. The minimum Gasteiger partial charge on any atom is -0.394 e. The Kier molecular flexibility index (Phi) is 8.54. The van der Waals surface area contributed by atoms with Gasteiger partial charge in [-0.15, -0.1) is 0 Å². The maximum atomic E-state index is 12.3. The number of hydrogen-bond donors (Lipinski definition) is 9. The molecule has 0 amide bonds. The number of ketones is 1. The Hall–Kier alpha value is -0.850. The van der Waals surface area contributed by atoms with E-state index in [1.807, 2.05) is 0 Å². The molecule has 14 heteroatoms. The molecule has 3 rings (SSSR count). The van der Waals surface area contributed by atoms with Crippen LogP contribution in [0.4, 0.5) is 0 Å². The van der Waals surface area contributed by atoms with Crippen molar-refractivity contribution in [3.05, 3.63) is 0 Å². The van der Waals surface area contributed by atoms with E-state index < -0.39 is 91.9 Å². The van der Waals surface area contributed by atoms with Crippen molar-refractivity contribution < 1.29 is 49.3 Å². The molecule has 0 aromatic heterocycles. The van der Waals surface area contributed by atoms with E-state index in [-0.39, 0.29) is 19.4 Å². The molecule has 1 saturated carbocycles. The third-order valence-electron chi connectivity index (χ3n) is 6.20. The van der Waals surface area contributed by atoms with Crippen LogP contribution in [0.5, 0.6) is 0 Å². The molecule has 0 aromatic rings. The highest BCUT2D eigenvalue weighted by Crippen LogP contribution is 2.30. The van der Waals surface area contributed by atoms with Crippen molar-refractivity contribution in [2.24, 2.45) is 22.9 Å². The molecule has 0 radical (unpaired) electrons. The first-order valence-electron chi connectivity index (χ1n) is 10.5. The van der Waals surface area contributed by atoms with Gasteiger partial charge in [-0.05, 0) is 6.42 Å². The summed E-state index contributed by atoms with van der Waals surface area (Å²) in [6.07, 6.45) is -12.5. The topological polar surface area (TPSA) is 259 Å². The van der Waals surface area contributed by atoms with E-state index in [9.17, 15) is 30.3 Å². The Bertz CT molecular complexity index is 645. The van der Waals surface area contributed by atoms with Crippen LogP contribution in [0.15, 0.2) is 0 Å². The van der Waals surface area contributed by atoms with E-state index in [2.05, 4.69) is 0 Å². The number of Topliss-reactive ketones (excluding diaryl/α,β-unsaturated/α-hetero) is 1. The quantitative estimate of drug-likeness (QED) is 0.176. The number of aliphatic hydroxyl groups is 5. The van der Waals surface area contributed by atoms with Crippen LogP contribution < -0.4 is 22.9 Å². The summed E-state index contributed by atoms with van der Waals surface area (Å²) in [7, 11) is 0. The van der Waals surface area contributed by atoms with Crippen LogP contribution in [0.2, 0.25) is 0 Å². The van der Waals surface area contributed by atoms with Gasteiger partial charge in [-0.25, -0.2) is 0 Å². The van der Waals surface area contributed by atoms with E-state index in [0.29, 0.717) is 0 Å². The third kappa shape index (κ3) is 5.12. The van der Waals surface area contributed by atoms with Crippen molar-refractivity contribution >= 4 is 5.78 Å². The molecule has 3 fully saturated rings. The number of carbonyl (C=O) groups is 1. The third-order valence-corrected chi connectivity index (χ3v) is 6.20. The summed E-state index contributed by atoms with van der Waals surface area (Å²) in [4.78, 5) is 12.3. The number of rotatable bonds is 6. The van der Waals surface area contributed by atoms with Gasteiger partial charge in [0.15, 0.2) is 12.1 Å².